The molecule has 1 N–H and O–H groups in total. The van der Waals surface area contributed by atoms with Crippen molar-refractivity contribution in [3.63, 3.8) is 0 Å². The van der Waals surface area contributed by atoms with E-state index in [9.17, 15) is 13.6 Å². The van der Waals surface area contributed by atoms with E-state index in [0.29, 0.717) is 12.4 Å². The number of carbonyl (C=O) groups is 1. The minimum absolute atomic E-state index is 0.0318. The number of ether oxygens (including phenoxy) is 1. The highest BCUT2D eigenvalue weighted by molar-refractivity contribution is 5.66. The lowest BCUT2D eigenvalue weighted by Crippen LogP contribution is -2.16. The second-order valence-electron chi connectivity index (χ2n) is 4.73. The summed E-state index contributed by atoms with van der Waals surface area (Å²) in [5, 5.41) is 8.48. The molecule has 0 aromatic heterocycles. The van der Waals surface area contributed by atoms with Crippen LogP contribution < -0.4 is 4.74 Å². The molecule has 0 aliphatic carbocycles. The molecule has 0 unspecified atom stereocenters. The molecule has 104 valence electrons. The predicted octanol–water partition coefficient (Wildman–Crippen LogP) is 3.36. The van der Waals surface area contributed by atoms with Crippen LogP contribution in [0.4, 0.5) is 8.78 Å². The number of hydrogen-bond acceptors (Lipinski definition) is 2. The number of fused-ring (bicyclic) bond motifs is 1. The van der Waals surface area contributed by atoms with Crippen molar-refractivity contribution in [3.8, 4) is 5.75 Å². The van der Waals surface area contributed by atoms with Crippen LogP contribution >= 0.6 is 0 Å². The molecule has 0 bridgehead atoms. The van der Waals surface area contributed by atoms with Crippen LogP contribution in [0.3, 0.4) is 0 Å². The quantitative estimate of drug-likeness (QED) is 0.892. The number of rotatable bonds is 5. The molecule has 0 saturated carbocycles. The van der Waals surface area contributed by atoms with E-state index in [1.165, 1.54) is 12.1 Å². The Morgan fingerprint density at radius 1 is 1.42 bits per heavy atom. The maximum Gasteiger partial charge on any atom is 0.303 e. The van der Waals surface area contributed by atoms with Gasteiger partial charge in [0, 0.05) is 18.4 Å². The van der Waals surface area contributed by atoms with Crippen molar-refractivity contribution in [2.24, 2.45) is 0 Å². The Morgan fingerprint density at radius 2 is 2.21 bits per heavy atom. The number of aryl methyl sites for hydroxylation is 1. The third kappa shape index (κ3) is 3.43. The van der Waals surface area contributed by atoms with Crippen molar-refractivity contribution in [1.29, 1.82) is 0 Å². The van der Waals surface area contributed by atoms with Gasteiger partial charge in [0.1, 0.15) is 5.75 Å². The normalized spacial score (nSPS) is 14.6. The molecule has 5 heteroatoms. The number of aliphatic carboxylic acids is 1. The molecule has 1 aliphatic rings. The van der Waals surface area contributed by atoms with Crippen LogP contribution in [-0.2, 0) is 17.1 Å². The van der Waals surface area contributed by atoms with Gasteiger partial charge in [0.2, 0.25) is 0 Å². The lowest BCUT2D eigenvalue weighted by atomic mass is 9.97. The molecule has 3 nitrogen and oxygen atoms in total. The fourth-order valence-corrected chi connectivity index (χ4v) is 2.19. The molecule has 1 aromatic rings. The molecule has 0 saturated heterocycles. The second-order valence-corrected chi connectivity index (χ2v) is 4.73. The minimum Gasteiger partial charge on any atom is -0.493 e. The molecule has 0 radical (unpaired) electrons. The molecular formula is C14H16F2O3. The SMILES string of the molecule is O=C(O)CCCC(F)(F)c1ccc2c(c1)CCCO2. The largest absolute Gasteiger partial charge is 0.493 e. The summed E-state index contributed by atoms with van der Waals surface area (Å²) >= 11 is 0. The van der Waals surface area contributed by atoms with E-state index in [1.54, 1.807) is 6.07 Å². The lowest BCUT2D eigenvalue weighted by Gasteiger charge is -2.21. The summed E-state index contributed by atoms with van der Waals surface area (Å²) < 4.78 is 33.3. The van der Waals surface area contributed by atoms with Crippen LogP contribution in [0.2, 0.25) is 0 Å². The molecule has 0 fully saturated rings. The number of alkyl halides is 2. The highest BCUT2D eigenvalue weighted by atomic mass is 19.3. The monoisotopic (exact) mass is 270 g/mol. The van der Waals surface area contributed by atoms with Crippen LogP contribution in [0.5, 0.6) is 5.75 Å². The smallest absolute Gasteiger partial charge is 0.303 e. The van der Waals surface area contributed by atoms with Crippen molar-refractivity contribution in [2.45, 2.75) is 38.0 Å². The number of hydrogen-bond donors (Lipinski definition) is 1. The zero-order chi connectivity index (χ0) is 13.9. The molecule has 2 rings (SSSR count). The Labute approximate surface area is 110 Å². The van der Waals surface area contributed by atoms with Gasteiger partial charge in [0.05, 0.1) is 6.61 Å². The summed E-state index contributed by atoms with van der Waals surface area (Å²) in [5.74, 6) is -3.35. The van der Waals surface area contributed by atoms with E-state index in [2.05, 4.69) is 0 Å². The average molecular weight is 270 g/mol. The number of benzene rings is 1. The fraction of sp³-hybridized carbons (Fsp3) is 0.500. The molecule has 0 atom stereocenters. The first-order chi connectivity index (χ1) is 8.99. The van der Waals surface area contributed by atoms with Crippen LogP contribution in [0.1, 0.15) is 36.8 Å². The Hall–Kier alpha value is -1.65. The molecule has 0 spiro atoms. The zero-order valence-corrected chi connectivity index (χ0v) is 10.5. The van der Waals surface area contributed by atoms with E-state index in [0.717, 1.165) is 18.4 Å². The summed E-state index contributed by atoms with van der Waals surface area (Å²) in [6.07, 6.45) is 0.869. The van der Waals surface area contributed by atoms with E-state index >= 15 is 0 Å². The van der Waals surface area contributed by atoms with Crippen LogP contribution in [0.25, 0.3) is 0 Å². The van der Waals surface area contributed by atoms with Gasteiger partial charge in [-0.05, 0) is 43.0 Å². The number of carboxylic acids is 1. The van der Waals surface area contributed by atoms with Gasteiger partial charge in [-0.1, -0.05) is 0 Å². The Balaban J connectivity index is 2.09. The molecular weight excluding hydrogens is 254 g/mol. The van der Waals surface area contributed by atoms with Gasteiger partial charge in [0.15, 0.2) is 0 Å². The maximum absolute atomic E-state index is 13.9. The summed E-state index contributed by atoms with van der Waals surface area (Å²) in [4.78, 5) is 10.4. The highest BCUT2D eigenvalue weighted by Gasteiger charge is 2.32. The summed E-state index contributed by atoms with van der Waals surface area (Å²) in [7, 11) is 0. The van der Waals surface area contributed by atoms with Crippen LogP contribution in [0.15, 0.2) is 18.2 Å². The lowest BCUT2D eigenvalue weighted by molar-refractivity contribution is -0.137. The number of halogens is 2. The zero-order valence-electron chi connectivity index (χ0n) is 10.5. The standard InChI is InChI=1S/C14H16F2O3/c15-14(16,7-1-4-13(17)18)11-5-6-12-10(9-11)3-2-8-19-12/h5-6,9H,1-4,7-8H2,(H,17,18). The van der Waals surface area contributed by atoms with Crippen molar-refractivity contribution in [2.75, 3.05) is 6.61 Å². The van der Waals surface area contributed by atoms with E-state index in [-0.39, 0.29) is 18.4 Å². The summed E-state index contributed by atoms with van der Waals surface area (Å²) in [5.41, 5.74) is 0.754. The van der Waals surface area contributed by atoms with Gasteiger partial charge in [-0.2, -0.15) is 0 Å². The van der Waals surface area contributed by atoms with E-state index in [1.807, 2.05) is 0 Å². The van der Waals surface area contributed by atoms with Crippen molar-refractivity contribution >= 4 is 5.97 Å². The van der Waals surface area contributed by atoms with Crippen LogP contribution in [-0.4, -0.2) is 17.7 Å². The summed E-state index contributed by atoms with van der Waals surface area (Å²) in [6, 6.07) is 4.43. The van der Waals surface area contributed by atoms with Gasteiger partial charge in [-0.15, -0.1) is 0 Å². The fourth-order valence-electron chi connectivity index (χ4n) is 2.19. The Kier molecular flexibility index (Phi) is 4.02. The number of carboxylic acid groups (broad SMARTS) is 1. The second kappa shape index (κ2) is 5.55. The third-order valence-electron chi connectivity index (χ3n) is 3.21. The maximum atomic E-state index is 13.9. The van der Waals surface area contributed by atoms with Gasteiger partial charge in [-0.3, -0.25) is 4.79 Å². The van der Waals surface area contributed by atoms with Crippen molar-refractivity contribution in [1.82, 2.24) is 0 Å². The summed E-state index contributed by atoms with van der Waals surface area (Å²) in [6.45, 7) is 0.626. The highest BCUT2D eigenvalue weighted by Crippen LogP contribution is 2.36. The third-order valence-corrected chi connectivity index (χ3v) is 3.21. The van der Waals surface area contributed by atoms with E-state index in [4.69, 9.17) is 9.84 Å². The van der Waals surface area contributed by atoms with Crippen molar-refractivity contribution in [3.05, 3.63) is 29.3 Å². The average Bonchev–Trinajstić information content (AvgIpc) is 2.37. The van der Waals surface area contributed by atoms with Crippen molar-refractivity contribution < 1.29 is 23.4 Å². The topological polar surface area (TPSA) is 46.5 Å². The van der Waals surface area contributed by atoms with Gasteiger partial charge < -0.3 is 9.84 Å². The van der Waals surface area contributed by atoms with Gasteiger partial charge >= 0.3 is 5.97 Å². The van der Waals surface area contributed by atoms with Gasteiger partial charge in [-0.25, -0.2) is 8.78 Å². The van der Waals surface area contributed by atoms with E-state index < -0.39 is 18.3 Å². The molecule has 19 heavy (non-hydrogen) atoms. The predicted molar refractivity (Wildman–Crippen MR) is 65.6 cm³/mol. The minimum atomic E-state index is -2.98. The molecule has 1 aliphatic heterocycles. The first kappa shape index (κ1) is 13.8. The molecule has 0 amide bonds. The molecule has 1 aromatic carbocycles. The van der Waals surface area contributed by atoms with Gasteiger partial charge in [0.25, 0.3) is 5.92 Å². The van der Waals surface area contributed by atoms with Crippen LogP contribution in [0, 0.1) is 0 Å². The first-order valence-electron chi connectivity index (χ1n) is 6.35. The molecule has 1 heterocycles. The Morgan fingerprint density at radius 3 is 2.95 bits per heavy atom. The first-order valence-corrected chi connectivity index (χ1v) is 6.35. The Bertz CT molecular complexity index is 472.